The van der Waals surface area contributed by atoms with E-state index in [1.165, 1.54) is 0 Å². The monoisotopic (exact) mass is 313 g/mol. The van der Waals surface area contributed by atoms with Gasteiger partial charge in [0.2, 0.25) is 0 Å². The lowest BCUT2D eigenvalue weighted by Crippen LogP contribution is -2.27. The fourth-order valence-corrected chi connectivity index (χ4v) is 2.26. The van der Waals surface area contributed by atoms with Gasteiger partial charge in [-0.1, -0.05) is 36.7 Å². The van der Waals surface area contributed by atoms with E-state index in [4.69, 9.17) is 5.11 Å². The molecule has 0 radical (unpaired) electrons. The van der Waals surface area contributed by atoms with Gasteiger partial charge in [0.1, 0.15) is 0 Å². The van der Waals surface area contributed by atoms with Crippen LogP contribution >= 0.6 is 15.9 Å². The molecule has 1 aromatic rings. The summed E-state index contributed by atoms with van der Waals surface area (Å²) in [5.74, 6) is -0.276. The summed E-state index contributed by atoms with van der Waals surface area (Å²) in [6.45, 7) is 9.24. The second kappa shape index (κ2) is 6.90. The molecule has 4 heteroatoms. The van der Waals surface area contributed by atoms with Crippen molar-refractivity contribution in [1.82, 2.24) is 4.90 Å². The first-order valence-corrected chi connectivity index (χ1v) is 6.97. The minimum Gasteiger partial charge on any atom is -0.478 e. The van der Waals surface area contributed by atoms with E-state index in [2.05, 4.69) is 41.6 Å². The normalized spacial score (nSPS) is 11.2. The quantitative estimate of drug-likeness (QED) is 0.872. The molecular weight excluding hydrogens is 294 g/mol. The van der Waals surface area contributed by atoms with E-state index in [1.54, 1.807) is 12.1 Å². The zero-order valence-corrected chi connectivity index (χ0v) is 12.7. The van der Waals surface area contributed by atoms with E-state index in [0.717, 1.165) is 29.7 Å². The van der Waals surface area contributed by atoms with Gasteiger partial charge in [0, 0.05) is 17.6 Å². The van der Waals surface area contributed by atoms with E-state index < -0.39 is 5.97 Å². The van der Waals surface area contributed by atoms with Crippen LogP contribution < -0.4 is 0 Å². The Balaban J connectivity index is 2.87. The van der Waals surface area contributed by atoms with Gasteiger partial charge in [0.15, 0.2) is 0 Å². The van der Waals surface area contributed by atoms with Crippen LogP contribution in [-0.4, -0.2) is 29.1 Å². The van der Waals surface area contributed by atoms with Gasteiger partial charge in [-0.2, -0.15) is 0 Å². The molecule has 0 amide bonds. The molecule has 0 aromatic heterocycles. The first-order valence-electron chi connectivity index (χ1n) is 6.18. The Hall–Kier alpha value is -0.870. The average molecular weight is 314 g/mol. The van der Waals surface area contributed by atoms with Crippen LogP contribution in [0.5, 0.6) is 0 Å². The molecule has 0 spiro atoms. The predicted molar refractivity (Wildman–Crippen MR) is 76.9 cm³/mol. The van der Waals surface area contributed by atoms with Crippen molar-refractivity contribution in [3.05, 3.63) is 33.8 Å². The Morgan fingerprint density at radius 2 is 2.11 bits per heavy atom. The molecule has 0 atom stereocenters. The van der Waals surface area contributed by atoms with E-state index >= 15 is 0 Å². The summed E-state index contributed by atoms with van der Waals surface area (Å²) in [4.78, 5) is 13.3. The Kier molecular flexibility index (Phi) is 5.82. The first-order chi connectivity index (χ1) is 8.43. The maximum Gasteiger partial charge on any atom is 0.335 e. The van der Waals surface area contributed by atoms with Crippen LogP contribution in [0.2, 0.25) is 0 Å². The van der Waals surface area contributed by atoms with Crippen molar-refractivity contribution in [3.63, 3.8) is 0 Å². The van der Waals surface area contributed by atoms with Crippen molar-refractivity contribution >= 4 is 21.9 Å². The summed E-state index contributed by atoms with van der Waals surface area (Å²) >= 11 is 3.48. The Morgan fingerprint density at radius 1 is 1.44 bits per heavy atom. The zero-order valence-electron chi connectivity index (χ0n) is 11.1. The molecule has 0 aliphatic carbocycles. The summed E-state index contributed by atoms with van der Waals surface area (Å²) in [6.07, 6.45) is 0. The maximum atomic E-state index is 11.0. The number of halogens is 1. The van der Waals surface area contributed by atoms with Crippen molar-refractivity contribution in [1.29, 1.82) is 0 Å². The van der Waals surface area contributed by atoms with Crippen molar-refractivity contribution in [2.24, 2.45) is 5.92 Å². The summed E-state index contributed by atoms with van der Waals surface area (Å²) < 4.78 is 0.967. The third-order valence-electron chi connectivity index (χ3n) is 2.76. The lowest BCUT2D eigenvalue weighted by atomic mass is 10.1. The molecule has 3 nitrogen and oxygen atoms in total. The lowest BCUT2D eigenvalue weighted by Gasteiger charge is -2.23. The standard InChI is InChI=1S/C14H20BrNO2/c1-4-16(8-10(2)3)9-12-7-11(14(17)18)5-6-13(12)15/h5-7,10H,4,8-9H2,1-3H3,(H,17,18). The molecule has 1 N–H and O–H groups in total. The molecular formula is C14H20BrNO2. The predicted octanol–water partition coefficient (Wildman–Crippen LogP) is 3.63. The van der Waals surface area contributed by atoms with E-state index in [9.17, 15) is 4.79 Å². The molecule has 0 saturated heterocycles. The topological polar surface area (TPSA) is 40.5 Å². The van der Waals surface area contributed by atoms with Gasteiger partial charge in [-0.05, 0) is 36.2 Å². The third-order valence-corrected chi connectivity index (χ3v) is 3.53. The van der Waals surface area contributed by atoms with Crippen molar-refractivity contribution in [3.8, 4) is 0 Å². The second-order valence-corrected chi connectivity index (χ2v) is 5.69. The summed E-state index contributed by atoms with van der Waals surface area (Å²) in [5.41, 5.74) is 1.37. The maximum absolute atomic E-state index is 11.0. The number of benzene rings is 1. The molecule has 0 aliphatic rings. The number of nitrogens with zero attached hydrogens (tertiary/aromatic N) is 1. The van der Waals surface area contributed by atoms with Gasteiger partial charge in [0.05, 0.1) is 5.56 Å². The number of carboxylic acid groups (broad SMARTS) is 1. The van der Waals surface area contributed by atoms with Gasteiger partial charge < -0.3 is 5.11 Å². The number of hydrogen-bond donors (Lipinski definition) is 1. The average Bonchev–Trinajstić information content (AvgIpc) is 2.29. The molecule has 18 heavy (non-hydrogen) atoms. The minimum absolute atomic E-state index is 0.341. The fraction of sp³-hybridized carbons (Fsp3) is 0.500. The molecule has 0 heterocycles. The van der Waals surface area contributed by atoms with Gasteiger partial charge in [-0.3, -0.25) is 4.90 Å². The summed E-state index contributed by atoms with van der Waals surface area (Å²) in [6, 6.07) is 5.17. The van der Waals surface area contributed by atoms with Crippen LogP contribution in [0.3, 0.4) is 0 Å². The molecule has 1 rings (SSSR count). The minimum atomic E-state index is -0.879. The van der Waals surface area contributed by atoms with Crippen molar-refractivity contribution in [2.75, 3.05) is 13.1 Å². The van der Waals surface area contributed by atoms with Crippen LogP contribution in [0, 0.1) is 5.92 Å². The highest BCUT2D eigenvalue weighted by Gasteiger charge is 2.11. The van der Waals surface area contributed by atoms with E-state index in [1.807, 2.05) is 6.07 Å². The summed E-state index contributed by atoms with van der Waals surface area (Å²) in [5, 5.41) is 9.01. The third kappa shape index (κ3) is 4.42. The van der Waals surface area contributed by atoms with Crippen LogP contribution in [0.15, 0.2) is 22.7 Å². The Labute approximate surface area is 117 Å². The first kappa shape index (κ1) is 15.2. The molecule has 0 aliphatic heterocycles. The van der Waals surface area contributed by atoms with Gasteiger partial charge >= 0.3 is 5.97 Å². The highest BCUT2D eigenvalue weighted by molar-refractivity contribution is 9.10. The van der Waals surface area contributed by atoms with E-state index in [-0.39, 0.29) is 0 Å². The molecule has 100 valence electrons. The van der Waals surface area contributed by atoms with Crippen LogP contribution in [0.25, 0.3) is 0 Å². The molecule has 0 fully saturated rings. The Morgan fingerprint density at radius 3 is 2.61 bits per heavy atom. The fourth-order valence-electron chi connectivity index (χ4n) is 1.89. The SMILES string of the molecule is CCN(Cc1cc(C(=O)O)ccc1Br)CC(C)C. The van der Waals surface area contributed by atoms with Gasteiger partial charge in [0.25, 0.3) is 0 Å². The number of aromatic carboxylic acids is 1. The summed E-state index contributed by atoms with van der Waals surface area (Å²) in [7, 11) is 0. The number of hydrogen-bond acceptors (Lipinski definition) is 2. The van der Waals surface area contributed by atoms with Crippen molar-refractivity contribution in [2.45, 2.75) is 27.3 Å². The number of rotatable bonds is 6. The highest BCUT2D eigenvalue weighted by Crippen LogP contribution is 2.20. The zero-order chi connectivity index (χ0) is 13.7. The number of carbonyl (C=O) groups is 1. The van der Waals surface area contributed by atoms with Crippen LogP contribution in [0.1, 0.15) is 36.7 Å². The number of carboxylic acids is 1. The van der Waals surface area contributed by atoms with Gasteiger partial charge in [-0.15, -0.1) is 0 Å². The second-order valence-electron chi connectivity index (χ2n) is 4.83. The molecule has 0 bridgehead atoms. The largest absolute Gasteiger partial charge is 0.478 e. The van der Waals surface area contributed by atoms with E-state index in [0.29, 0.717) is 11.5 Å². The van der Waals surface area contributed by atoms with Gasteiger partial charge in [-0.25, -0.2) is 4.79 Å². The lowest BCUT2D eigenvalue weighted by molar-refractivity contribution is 0.0696. The smallest absolute Gasteiger partial charge is 0.335 e. The van der Waals surface area contributed by atoms with Crippen molar-refractivity contribution < 1.29 is 9.90 Å². The molecule has 0 unspecified atom stereocenters. The molecule has 0 saturated carbocycles. The Bertz CT molecular complexity index is 418. The molecule has 1 aromatic carbocycles. The van der Waals surface area contributed by atoms with Crippen LogP contribution in [-0.2, 0) is 6.54 Å². The van der Waals surface area contributed by atoms with Crippen LogP contribution in [0.4, 0.5) is 0 Å². The highest BCUT2D eigenvalue weighted by atomic mass is 79.9.